The van der Waals surface area contributed by atoms with Crippen LogP contribution in [-0.4, -0.2) is 18.5 Å². The largest absolute Gasteiger partial charge is 0.462 e. The van der Waals surface area contributed by atoms with Crippen molar-refractivity contribution in [1.29, 1.82) is 0 Å². The van der Waals surface area contributed by atoms with E-state index in [-0.39, 0.29) is 29.1 Å². The summed E-state index contributed by atoms with van der Waals surface area (Å²) in [5.74, 6) is -5.88. The summed E-state index contributed by atoms with van der Waals surface area (Å²) < 4.78 is 75.3. The van der Waals surface area contributed by atoms with Gasteiger partial charge in [-0.1, -0.05) is 12.1 Å². The molecule has 0 bridgehead atoms. The van der Waals surface area contributed by atoms with E-state index in [2.05, 4.69) is 0 Å². The van der Waals surface area contributed by atoms with Crippen molar-refractivity contribution in [1.82, 2.24) is 0 Å². The maximum Gasteiger partial charge on any atom is 0.453 e. The number of fused-ring (bicyclic) bond motifs is 1. The van der Waals surface area contributed by atoms with E-state index in [1.165, 1.54) is 42.5 Å². The molecular formula is C26H16F4O7. The number of hydrogen-bond donors (Lipinski definition) is 0. The Kier molecular flexibility index (Phi) is 6.96. The van der Waals surface area contributed by atoms with Gasteiger partial charge in [-0.2, -0.15) is 13.2 Å². The zero-order chi connectivity index (χ0) is 26.7. The topological polar surface area (TPSA) is 92.0 Å². The summed E-state index contributed by atoms with van der Waals surface area (Å²) in [5.41, 5.74) is -1.94. The third-order valence-electron chi connectivity index (χ3n) is 4.97. The lowest BCUT2D eigenvalue weighted by atomic mass is 10.2. The van der Waals surface area contributed by atoms with Crippen molar-refractivity contribution in [2.75, 3.05) is 6.61 Å². The van der Waals surface area contributed by atoms with Crippen LogP contribution in [0.1, 0.15) is 33.4 Å². The molecule has 0 saturated heterocycles. The minimum atomic E-state index is -5.13. The van der Waals surface area contributed by atoms with Crippen molar-refractivity contribution >= 4 is 22.9 Å². The molecule has 4 rings (SSSR count). The van der Waals surface area contributed by atoms with Crippen LogP contribution in [0, 0.1) is 5.82 Å². The molecule has 0 fully saturated rings. The summed E-state index contributed by atoms with van der Waals surface area (Å²) in [4.78, 5) is 36.9. The molecule has 0 saturated carbocycles. The van der Waals surface area contributed by atoms with Crippen molar-refractivity contribution in [3.63, 3.8) is 0 Å². The molecule has 1 aromatic heterocycles. The molecule has 11 heteroatoms. The number of alkyl halides is 3. The molecule has 0 radical (unpaired) electrons. The van der Waals surface area contributed by atoms with Crippen LogP contribution < -0.4 is 14.9 Å². The number of carbonyl (C=O) groups excluding carboxylic acids is 2. The van der Waals surface area contributed by atoms with Gasteiger partial charge in [0.2, 0.25) is 11.2 Å². The number of ether oxygens (including phenoxy) is 3. The van der Waals surface area contributed by atoms with Gasteiger partial charge in [0.1, 0.15) is 22.9 Å². The van der Waals surface area contributed by atoms with E-state index >= 15 is 0 Å². The zero-order valence-corrected chi connectivity index (χ0v) is 18.9. The molecule has 0 amide bonds. The molecule has 3 aromatic carbocycles. The average Bonchev–Trinajstić information content (AvgIpc) is 2.85. The van der Waals surface area contributed by atoms with Crippen LogP contribution in [0.25, 0.3) is 11.0 Å². The second-order valence-corrected chi connectivity index (χ2v) is 7.46. The zero-order valence-electron chi connectivity index (χ0n) is 18.9. The minimum Gasteiger partial charge on any atom is -0.462 e. The molecule has 7 nitrogen and oxygen atoms in total. The van der Waals surface area contributed by atoms with Gasteiger partial charge >= 0.3 is 18.1 Å². The van der Waals surface area contributed by atoms with Gasteiger partial charge in [0, 0.05) is 6.07 Å². The molecule has 190 valence electrons. The van der Waals surface area contributed by atoms with E-state index < -0.39 is 52.0 Å². The number of carbonyl (C=O) groups is 2. The second kappa shape index (κ2) is 10.1. The fourth-order valence-electron chi connectivity index (χ4n) is 3.28. The second-order valence-electron chi connectivity index (χ2n) is 7.46. The molecule has 0 aliphatic rings. The lowest BCUT2D eigenvalue weighted by molar-refractivity contribution is -0.154. The Labute approximate surface area is 205 Å². The summed E-state index contributed by atoms with van der Waals surface area (Å²) in [7, 11) is 0. The highest BCUT2D eigenvalue weighted by Crippen LogP contribution is 2.38. The number of rotatable bonds is 6. The van der Waals surface area contributed by atoms with Gasteiger partial charge in [0.25, 0.3) is 5.76 Å². The van der Waals surface area contributed by atoms with E-state index in [0.717, 1.165) is 24.3 Å². The van der Waals surface area contributed by atoms with Crippen LogP contribution >= 0.6 is 0 Å². The van der Waals surface area contributed by atoms with Gasteiger partial charge in [0.05, 0.1) is 23.1 Å². The van der Waals surface area contributed by atoms with Gasteiger partial charge in [-0.05, 0) is 55.5 Å². The van der Waals surface area contributed by atoms with E-state index in [1.54, 1.807) is 6.92 Å². The molecule has 0 unspecified atom stereocenters. The molecule has 4 aromatic rings. The quantitative estimate of drug-likeness (QED) is 0.173. The maximum absolute atomic E-state index is 13.8. The monoisotopic (exact) mass is 516 g/mol. The smallest absolute Gasteiger partial charge is 0.453 e. The number of halogens is 4. The van der Waals surface area contributed by atoms with Crippen molar-refractivity contribution in [2.24, 2.45) is 0 Å². The summed E-state index contributed by atoms with van der Waals surface area (Å²) in [6.45, 7) is 1.75. The predicted molar refractivity (Wildman–Crippen MR) is 121 cm³/mol. The first-order chi connectivity index (χ1) is 17.6. The van der Waals surface area contributed by atoms with Crippen molar-refractivity contribution in [3.8, 4) is 17.2 Å². The Morgan fingerprint density at radius 3 is 2.24 bits per heavy atom. The Morgan fingerprint density at radius 1 is 0.919 bits per heavy atom. The van der Waals surface area contributed by atoms with Crippen molar-refractivity contribution in [3.05, 3.63) is 99.7 Å². The maximum atomic E-state index is 13.8. The van der Waals surface area contributed by atoms with Crippen LogP contribution in [0.3, 0.4) is 0 Å². The highest BCUT2D eigenvalue weighted by Gasteiger charge is 2.40. The Morgan fingerprint density at radius 2 is 1.59 bits per heavy atom. The van der Waals surface area contributed by atoms with Gasteiger partial charge < -0.3 is 18.6 Å². The molecule has 37 heavy (non-hydrogen) atoms. The van der Waals surface area contributed by atoms with Gasteiger partial charge in [-0.3, -0.25) is 4.79 Å². The Bertz CT molecular complexity index is 1540. The van der Waals surface area contributed by atoms with E-state index in [0.29, 0.717) is 0 Å². The summed E-state index contributed by atoms with van der Waals surface area (Å²) >= 11 is 0. The molecular weight excluding hydrogens is 500 g/mol. The fraction of sp³-hybridized carbons (Fsp3) is 0.115. The van der Waals surface area contributed by atoms with Crippen LogP contribution in [0.5, 0.6) is 17.2 Å². The lowest BCUT2D eigenvalue weighted by Crippen LogP contribution is -2.16. The lowest BCUT2D eigenvalue weighted by Gasteiger charge is -2.14. The van der Waals surface area contributed by atoms with Crippen molar-refractivity contribution in [2.45, 2.75) is 13.1 Å². The highest BCUT2D eigenvalue weighted by molar-refractivity contribution is 5.92. The molecule has 1 heterocycles. The average molecular weight is 516 g/mol. The van der Waals surface area contributed by atoms with E-state index in [4.69, 9.17) is 18.6 Å². The predicted octanol–water partition coefficient (Wildman–Crippen LogP) is 6.14. The summed E-state index contributed by atoms with van der Waals surface area (Å²) in [6.07, 6.45) is -5.13. The minimum absolute atomic E-state index is 0.133. The van der Waals surface area contributed by atoms with Crippen LogP contribution in [0.15, 0.2) is 75.9 Å². The van der Waals surface area contributed by atoms with Crippen LogP contribution in [-0.2, 0) is 10.9 Å². The first kappa shape index (κ1) is 25.4. The third kappa shape index (κ3) is 5.45. The standard InChI is InChI=1S/C26H16F4O7/c1-2-34-24(32)14-7-9-15(10-8-14)35-22-21(31)18-12-11-16(13-20(18)37-23(22)26(28,29)30)36-25(33)17-5-3-4-6-19(17)27/h3-13H,2H2,1H3. The SMILES string of the molecule is CCOC(=O)c1ccc(Oc2c(C(F)(F)F)oc3cc(OC(=O)c4ccccc4F)ccc3c2=O)cc1. The fourth-order valence-corrected chi connectivity index (χ4v) is 3.28. The summed E-state index contributed by atoms with van der Waals surface area (Å²) in [5, 5.41) is -0.295. The molecule has 0 aliphatic carbocycles. The first-order valence-corrected chi connectivity index (χ1v) is 10.7. The van der Waals surface area contributed by atoms with Gasteiger partial charge in [0.15, 0.2) is 0 Å². The molecule has 0 atom stereocenters. The molecule has 0 spiro atoms. The normalized spacial score (nSPS) is 11.3. The molecule has 0 N–H and O–H groups in total. The van der Waals surface area contributed by atoms with Crippen molar-refractivity contribution < 1.29 is 45.8 Å². The molecule has 0 aliphatic heterocycles. The van der Waals surface area contributed by atoms with Gasteiger partial charge in [-0.15, -0.1) is 0 Å². The highest BCUT2D eigenvalue weighted by atomic mass is 19.4. The Hall–Kier alpha value is -4.67. The van der Waals surface area contributed by atoms with Gasteiger partial charge in [-0.25, -0.2) is 14.0 Å². The van der Waals surface area contributed by atoms with Crippen LogP contribution in [0.2, 0.25) is 0 Å². The third-order valence-corrected chi connectivity index (χ3v) is 4.97. The number of esters is 2. The first-order valence-electron chi connectivity index (χ1n) is 10.7. The van der Waals surface area contributed by atoms with E-state index in [1.807, 2.05) is 0 Å². The summed E-state index contributed by atoms with van der Waals surface area (Å²) in [6, 6.07) is 13.0. The van der Waals surface area contributed by atoms with Crippen LogP contribution in [0.4, 0.5) is 17.6 Å². The Balaban J connectivity index is 1.70. The number of benzene rings is 3. The van der Waals surface area contributed by atoms with E-state index in [9.17, 15) is 31.9 Å². The number of hydrogen-bond acceptors (Lipinski definition) is 7.